The summed E-state index contributed by atoms with van der Waals surface area (Å²) in [5.41, 5.74) is 6.12. The largest absolute Gasteiger partial charge is 0.486 e. The summed E-state index contributed by atoms with van der Waals surface area (Å²) in [6, 6.07) is 16.9. The molecule has 0 spiro atoms. The van der Waals surface area contributed by atoms with E-state index in [2.05, 4.69) is 62.4 Å². The highest BCUT2D eigenvalue weighted by Crippen LogP contribution is 2.36. The first kappa shape index (κ1) is 19.1. The van der Waals surface area contributed by atoms with E-state index in [1.807, 2.05) is 24.4 Å². The summed E-state index contributed by atoms with van der Waals surface area (Å²) in [5.74, 6) is 1.54. The number of aromatic amines is 1. The molecule has 2 aromatic heterocycles. The Hall–Kier alpha value is -3.58. The lowest BCUT2D eigenvalue weighted by molar-refractivity contribution is 0.171. The van der Waals surface area contributed by atoms with Crippen LogP contribution in [0.1, 0.15) is 0 Å². The lowest BCUT2D eigenvalue weighted by Crippen LogP contribution is -2.44. The molecule has 2 aromatic carbocycles. The van der Waals surface area contributed by atoms with Crippen LogP contribution in [0.4, 0.5) is 5.69 Å². The zero-order valence-electron chi connectivity index (χ0n) is 18.0. The predicted octanol–water partition coefficient (Wildman–Crippen LogP) is 3.81. The van der Waals surface area contributed by atoms with Crippen molar-refractivity contribution in [1.82, 2.24) is 20.1 Å². The summed E-state index contributed by atoms with van der Waals surface area (Å²) in [6.07, 6.45) is 1.89. The normalized spacial score (nSPS) is 16.5. The molecule has 162 valence electrons. The highest BCUT2D eigenvalue weighted by Gasteiger charge is 2.17. The highest BCUT2D eigenvalue weighted by atomic mass is 16.6. The number of nitrogens with one attached hydrogen (secondary N) is 1. The number of H-pyrrole nitrogens is 1. The average molecular weight is 428 g/mol. The minimum atomic E-state index is 0.565. The van der Waals surface area contributed by atoms with Gasteiger partial charge < -0.3 is 19.3 Å². The molecule has 0 aliphatic carbocycles. The minimum Gasteiger partial charge on any atom is -0.486 e. The van der Waals surface area contributed by atoms with Crippen molar-refractivity contribution < 1.29 is 9.47 Å². The first-order valence-electron chi connectivity index (χ1n) is 11.0. The first-order valence-corrected chi connectivity index (χ1v) is 11.0. The zero-order valence-corrected chi connectivity index (χ0v) is 18.0. The molecule has 32 heavy (non-hydrogen) atoms. The van der Waals surface area contributed by atoms with E-state index in [9.17, 15) is 0 Å². The highest BCUT2D eigenvalue weighted by molar-refractivity contribution is 5.93. The Morgan fingerprint density at radius 2 is 1.56 bits per heavy atom. The molecule has 0 radical (unpaired) electrons. The van der Waals surface area contributed by atoms with Gasteiger partial charge in [0, 0.05) is 54.6 Å². The summed E-state index contributed by atoms with van der Waals surface area (Å²) in [5, 5.41) is 8.54. The standard InChI is InChI=1S/C25H25N5O2/c1-29-8-10-30(11-9-29)20-5-2-17(3-6-20)19-14-21-24(27-28-25(21)26-16-19)18-4-7-22-23(15-18)32-13-12-31-22/h2-7,14-16H,8-13H2,1H3,(H,26,27,28). The van der Waals surface area contributed by atoms with Gasteiger partial charge in [0.05, 0.1) is 5.69 Å². The van der Waals surface area contributed by atoms with E-state index in [1.165, 1.54) is 5.69 Å². The fourth-order valence-electron chi connectivity index (χ4n) is 4.41. The number of benzene rings is 2. The lowest BCUT2D eigenvalue weighted by atomic mass is 10.0. The van der Waals surface area contributed by atoms with Gasteiger partial charge in [-0.3, -0.25) is 5.10 Å². The number of pyridine rings is 1. The van der Waals surface area contributed by atoms with Crippen molar-refractivity contribution in [2.75, 3.05) is 51.3 Å². The molecular weight excluding hydrogens is 402 g/mol. The molecule has 0 atom stereocenters. The maximum atomic E-state index is 5.75. The quantitative estimate of drug-likeness (QED) is 0.536. The second kappa shape index (κ2) is 7.84. The van der Waals surface area contributed by atoms with Crippen LogP contribution in [0.3, 0.4) is 0 Å². The molecule has 7 heteroatoms. The van der Waals surface area contributed by atoms with Crippen LogP contribution < -0.4 is 14.4 Å². The Morgan fingerprint density at radius 1 is 0.812 bits per heavy atom. The van der Waals surface area contributed by atoms with Crippen LogP contribution in [0, 0.1) is 0 Å². The third-order valence-corrected chi connectivity index (χ3v) is 6.31. The Bertz CT molecular complexity index is 1260. The number of ether oxygens (including phenoxy) is 2. The number of aromatic nitrogens is 3. The van der Waals surface area contributed by atoms with Crippen LogP contribution in [0.25, 0.3) is 33.4 Å². The van der Waals surface area contributed by atoms with Crippen molar-refractivity contribution in [3.63, 3.8) is 0 Å². The van der Waals surface area contributed by atoms with Crippen molar-refractivity contribution in [2.24, 2.45) is 0 Å². The monoisotopic (exact) mass is 427 g/mol. The van der Waals surface area contributed by atoms with Crippen LogP contribution >= 0.6 is 0 Å². The van der Waals surface area contributed by atoms with Gasteiger partial charge in [0.25, 0.3) is 0 Å². The molecule has 2 aliphatic rings. The number of hydrogen-bond acceptors (Lipinski definition) is 6. The summed E-state index contributed by atoms with van der Waals surface area (Å²) in [6.45, 7) is 5.49. The van der Waals surface area contributed by atoms with Crippen molar-refractivity contribution in [1.29, 1.82) is 0 Å². The van der Waals surface area contributed by atoms with Gasteiger partial charge in [0.15, 0.2) is 17.1 Å². The number of nitrogens with zero attached hydrogens (tertiary/aromatic N) is 4. The molecular formula is C25H25N5O2. The van der Waals surface area contributed by atoms with E-state index in [1.54, 1.807) is 0 Å². The van der Waals surface area contributed by atoms with Gasteiger partial charge in [-0.25, -0.2) is 4.98 Å². The predicted molar refractivity (Wildman–Crippen MR) is 125 cm³/mol. The van der Waals surface area contributed by atoms with Crippen LogP contribution in [0.15, 0.2) is 54.7 Å². The maximum Gasteiger partial charge on any atom is 0.181 e. The maximum absolute atomic E-state index is 5.75. The third kappa shape index (κ3) is 3.44. The van der Waals surface area contributed by atoms with Crippen molar-refractivity contribution in [3.8, 4) is 33.9 Å². The van der Waals surface area contributed by atoms with Crippen molar-refractivity contribution >= 4 is 16.7 Å². The number of piperazine rings is 1. The van der Waals surface area contributed by atoms with E-state index in [0.717, 1.165) is 65.4 Å². The molecule has 0 amide bonds. The van der Waals surface area contributed by atoms with E-state index in [4.69, 9.17) is 9.47 Å². The first-order chi connectivity index (χ1) is 15.7. The molecule has 2 aliphatic heterocycles. The molecule has 6 rings (SSSR count). The molecule has 0 bridgehead atoms. The van der Waals surface area contributed by atoms with Crippen molar-refractivity contribution in [2.45, 2.75) is 0 Å². The van der Waals surface area contributed by atoms with Crippen LogP contribution in [-0.4, -0.2) is 66.5 Å². The van der Waals surface area contributed by atoms with Gasteiger partial charge in [-0.1, -0.05) is 12.1 Å². The summed E-state index contributed by atoms with van der Waals surface area (Å²) in [4.78, 5) is 9.41. The van der Waals surface area contributed by atoms with Gasteiger partial charge in [-0.15, -0.1) is 0 Å². The minimum absolute atomic E-state index is 0.565. The lowest BCUT2D eigenvalue weighted by Gasteiger charge is -2.34. The Labute approximate surface area is 186 Å². The summed E-state index contributed by atoms with van der Waals surface area (Å²) >= 11 is 0. The van der Waals surface area contributed by atoms with Gasteiger partial charge in [-0.2, -0.15) is 5.10 Å². The van der Waals surface area contributed by atoms with Crippen LogP contribution in [0.5, 0.6) is 11.5 Å². The number of fused-ring (bicyclic) bond motifs is 2. The Kier molecular flexibility index (Phi) is 4.69. The molecule has 1 fully saturated rings. The van der Waals surface area contributed by atoms with Gasteiger partial charge in [0.2, 0.25) is 0 Å². The number of rotatable bonds is 3. The number of likely N-dealkylation sites (N-methyl/N-ethyl adjacent to an activating group) is 1. The summed E-state index contributed by atoms with van der Waals surface area (Å²) < 4.78 is 11.4. The summed E-state index contributed by atoms with van der Waals surface area (Å²) in [7, 11) is 2.18. The third-order valence-electron chi connectivity index (χ3n) is 6.31. The fourth-order valence-corrected chi connectivity index (χ4v) is 4.41. The van der Waals surface area contributed by atoms with Crippen molar-refractivity contribution in [3.05, 3.63) is 54.7 Å². The van der Waals surface area contributed by atoms with E-state index in [-0.39, 0.29) is 0 Å². The number of anilines is 1. The van der Waals surface area contributed by atoms with E-state index >= 15 is 0 Å². The molecule has 1 N–H and O–H groups in total. The van der Waals surface area contributed by atoms with Crippen LogP contribution in [0.2, 0.25) is 0 Å². The van der Waals surface area contributed by atoms with Gasteiger partial charge in [0.1, 0.15) is 13.2 Å². The van der Waals surface area contributed by atoms with E-state index in [0.29, 0.717) is 18.9 Å². The second-order valence-electron chi connectivity index (χ2n) is 8.39. The Balaban J connectivity index is 1.31. The molecule has 4 heterocycles. The molecule has 7 nitrogen and oxygen atoms in total. The number of hydrogen-bond donors (Lipinski definition) is 1. The molecule has 4 aromatic rings. The molecule has 0 saturated carbocycles. The zero-order chi connectivity index (χ0) is 21.5. The smallest absolute Gasteiger partial charge is 0.181 e. The molecule has 1 saturated heterocycles. The van der Waals surface area contributed by atoms with Gasteiger partial charge in [-0.05, 0) is 49.0 Å². The Morgan fingerprint density at radius 3 is 2.38 bits per heavy atom. The fraction of sp³-hybridized carbons (Fsp3) is 0.280. The van der Waals surface area contributed by atoms with Crippen LogP contribution in [-0.2, 0) is 0 Å². The molecule has 0 unspecified atom stereocenters. The van der Waals surface area contributed by atoms with E-state index < -0.39 is 0 Å². The van der Waals surface area contributed by atoms with Gasteiger partial charge >= 0.3 is 0 Å². The SMILES string of the molecule is CN1CCN(c2ccc(-c3cnc4n[nH]c(-c5ccc6c(c5)OCCO6)c4c3)cc2)CC1. The topological polar surface area (TPSA) is 66.5 Å². The second-order valence-corrected chi connectivity index (χ2v) is 8.39. The average Bonchev–Trinajstić information content (AvgIpc) is 3.28.